The molecule has 0 amide bonds. The molecule has 2 heteroatoms. The Hall–Kier alpha value is -1.02. The maximum Gasteiger partial charge on any atom is 0.119 e. The highest BCUT2D eigenvalue weighted by Gasteiger charge is 2.08. The van der Waals surface area contributed by atoms with Gasteiger partial charge in [-0.25, -0.2) is 0 Å². The monoisotopic (exact) mass is 263 g/mol. The number of hydrogen-bond donors (Lipinski definition) is 1. The molecule has 0 bridgehead atoms. The second kappa shape index (κ2) is 9.85. The fourth-order valence-electron chi connectivity index (χ4n) is 2.39. The van der Waals surface area contributed by atoms with E-state index in [-0.39, 0.29) is 0 Å². The second-order valence-electron chi connectivity index (χ2n) is 5.05. The van der Waals surface area contributed by atoms with E-state index in [9.17, 15) is 0 Å². The van der Waals surface area contributed by atoms with E-state index in [4.69, 9.17) is 4.74 Å². The number of nitrogens with one attached hydrogen (secondary N) is 1. The van der Waals surface area contributed by atoms with Gasteiger partial charge in [0.05, 0.1) is 6.61 Å². The summed E-state index contributed by atoms with van der Waals surface area (Å²) in [4.78, 5) is 0. The topological polar surface area (TPSA) is 21.3 Å². The van der Waals surface area contributed by atoms with Gasteiger partial charge in [0.25, 0.3) is 0 Å². The predicted octanol–water partition coefficient (Wildman–Crippen LogP) is 4.71. The normalized spacial score (nSPS) is 12.4. The van der Waals surface area contributed by atoms with Gasteiger partial charge >= 0.3 is 0 Å². The molecule has 1 unspecified atom stereocenters. The van der Waals surface area contributed by atoms with Crippen molar-refractivity contribution in [2.24, 2.45) is 0 Å². The SMILES string of the molecule is CCCCCCCC(NC)c1ccc(OCC)cc1. The molecule has 0 spiro atoms. The molecule has 0 aromatic heterocycles. The minimum Gasteiger partial charge on any atom is -0.494 e. The van der Waals surface area contributed by atoms with Crippen LogP contribution in [0.3, 0.4) is 0 Å². The molecule has 1 atom stereocenters. The van der Waals surface area contributed by atoms with Gasteiger partial charge in [-0.2, -0.15) is 0 Å². The van der Waals surface area contributed by atoms with Crippen LogP contribution in [0.2, 0.25) is 0 Å². The fraction of sp³-hybridized carbons (Fsp3) is 0.647. The third kappa shape index (κ3) is 6.11. The predicted molar refractivity (Wildman–Crippen MR) is 82.8 cm³/mol. The Labute approximate surface area is 118 Å². The first-order valence-electron chi connectivity index (χ1n) is 7.71. The number of hydrogen-bond acceptors (Lipinski definition) is 2. The highest BCUT2D eigenvalue weighted by Crippen LogP contribution is 2.22. The van der Waals surface area contributed by atoms with Gasteiger partial charge in [0, 0.05) is 6.04 Å². The summed E-state index contributed by atoms with van der Waals surface area (Å²) in [5.74, 6) is 0.962. The van der Waals surface area contributed by atoms with Crippen LogP contribution in [0.15, 0.2) is 24.3 Å². The fourth-order valence-corrected chi connectivity index (χ4v) is 2.39. The van der Waals surface area contributed by atoms with Crippen LogP contribution in [-0.4, -0.2) is 13.7 Å². The number of unbranched alkanes of at least 4 members (excludes halogenated alkanes) is 4. The Morgan fingerprint density at radius 2 is 1.68 bits per heavy atom. The van der Waals surface area contributed by atoms with E-state index in [0.717, 1.165) is 12.4 Å². The zero-order valence-corrected chi connectivity index (χ0v) is 12.7. The number of benzene rings is 1. The summed E-state index contributed by atoms with van der Waals surface area (Å²) in [6.45, 7) is 5.00. The standard InChI is InChI=1S/C17H29NO/c1-4-6-7-8-9-10-17(18-3)15-11-13-16(14-12-15)19-5-2/h11-14,17-18H,4-10H2,1-3H3. The van der Waals surface area contributed by atoms with Gasteiger partial charge in [-0.05, 0) is 38.1 Å². The summed E-state index contributed by atoms with van der Waals surface area (Å²) in [5, 5.41) is 3.42. The summed E-state index contributed by atoms with van der Waals surface area (Å²) in [5.41, 5.74) is 1.36. The minimum atomic E-state index is 0.470. The highest BCUT2D eigenvalue weighted by atomic mass is 16.5. The average molecular weight is 263 g/mol. The smallest absolute Gasteiger partial charge is 0.119 e. The number of rotatable bonds is 10. The van der Waals surface area contributed by atoms with Crippen LogP contribution < -0.4 is 10.1 Å². The zero-order chi connectivity index (χ0) is 13.9. The van der Waals surface area contributed by atoms with Crippen molar-refractivity contribution in [3.05, 3.63) is 29.8 Å². The molecular weight excluding hydrogens is 234 g/mol. The van der Waals surface area contributed by atoms with Crippen molar-refractivity contribution in [2.45, 2.75) is 58.4 Å². The van der Waals surface area contributed by atoms with E-state index in [2.05, 4.69) is 36.5 Å². The zero-order valence-electron chi connectivity index (χ0n) is 12.7. The van der Waals surface area contributed by atoms with Crippen molar-refractivity contribution < 1.29 is 4.74 Å². The van der Waals surface area contributed by atoms with E-state index >= 15 is 0 Å². The molecule has 0 aliphatic rings. The third-order valence-corrected chi connectivity index (χ3v) is 3.54. The van der Waals surface area contributed by atoms with Gasteiger partial charge in [0.2, 0.25) is 0 Å². The number of ether oxygens (including phenoxy) is 1. The van der Waals surface area contributed by atoms with Crippen LogP contribution in [0.1, 0.15) is 64.0 Å². The molecule has 1 aromatic rings. The lowest BCUT2D eigenvalue weighted by Crippen LogP contribution is -2.16. The van der Waals surface area contributed by atoms with Crippen LogP contribution in [0, 0.1) is 0 Å². The third-order valence-electron chi connectivity index (χ3n) is 3.54. The van der Waals surface area contributed by atoms with Crippen LogP contribution in [0.25, 0.3) is 0 Å². The molecule has 0 fully saturated rings. The summed E-state index contributed by atoms with van der Waals surface area (Å²) in [7, 11) is 2.05. The Kier molecular flexibility index (Phi) is 8.31. The largest absolute Gasteiger partial charge is 0.494 e. The molecule has 0 saturated carbocycles. The Morgan fingerprint density at radius 1 is 1.00 bits per heavy atom. The van der Waals surface area contributed by atoms with Crippen LogP contribution in [-0.2, 0) is 0 Å². The van der Waals surface area contributed by atoms with E-state index in [1.54, 1.807) is 0 Å². The molecule has 2 nitrogen and oxygen atoms in total. The molecule has 108 valence electrons. The van der Waals surface area contributed by atoms with Gasteiger partial charge in [-0.15, -0.1) is 0 Å². The quantitative estimate of drug-likeness (QED) is 0.617. The molecule has 1 N–H and O–H groups in total. The molecule has 0 aliphatic heterocycles. The first-order valence-corrected chi connectivity index (χ1v) is 7.71. The maximum atomic E-state index is 5.48. The lowest BCUT2D eigenvalue weighted by molar-refractivity contribution is 0.340. The first kappa shape index (κ1) is 16.0. The van der Waals surface area contributed by atoms with Gasteiger partial charge in [-0.3, -0.25) is 0 Å². The second-order valence-corrected chi connectivity index (χ2v) is 5.05. The molecule has 19 heavy (non-hydrogen) atoms. The van der Waals surface area contributed by atoms with Gasteiger partial charge in [-0.1, -0.05) is 51.2 Å². The lowest BCUT2D eigenvalue weighted by atomic mass is 10.00. The molecule has 0 radical (unpaired) electrons. The molecule has 1 rings (SSSR count). The van der Waals surface area contributed by atoms with Crippen molar-refractivity contribution in [2.75, 3.05) is 13.7 Å². The van der Waals surface area contributed by atoms with Crippen molar-refractivity contribution in [1.29, 1.82) is 0 Å². The highest BCUT2D eigenvalue weighted by molar-refractivity contribution is 5.29. The van der Waals surface area contributed by atoms with Crippen molar-refractivity contribution in [3.63, 3.8) is 0 Å². The molecule has 1 aromatic carbocycles. The minimum absolute atomic E-state index is 0.470. The van der Waals surface area contributed by atoms with E-state index in [1.165, 1.54) is 44.1 Å². The summed E-state index contributed by atoms with van der Waals surface area (Å²) < 4.78 is 5.48. The maximum absolute atomic E-state index is 5.48. The van der Waals surface area contributed by atoms with E-state index in [0.29, 0.717) is 6.04 Å². The van der Waals surface area contributed by atoms with Crippen LogP contribution >= 0.6 is 0 Å². The van der Waals surface area contributed by atoms with Crippen molar-refractivity contribution in [1.82, 2.24) is 5.32 Å². The first-order chi connectivity index (χ1) is 9.31. The molecule has 0 saturated heterocycles. The lowest BCUT2D eigenvalue weighted by Gasteiger charge is -2.17. The van der Waals surface area contributed by atoms with Gasteiger partial charge in [0.1, 0.15) is 5.75 Å². The van der Waals surface area contributed by atoms with Gasteiger partial charge in [0.15, 0.2) is 0 Å². The Bertz CT molecular complexity index is 321. The molecular formula is C17H29NO. The van der Waals surface area contributed by atoms with Crippen LogP contribution in [0.4, 0.5) is 0 Å². The summed E-state index contributed by atoms with van der Waals surface area (Å²) >= 11 is 0. The Morgan fingerprint density at radius 3 is 2.26 bits per heavy atom. The van der Waals surface area contributed by atoms with E-state index < -0.39 is 0 Å². The molecule has 0 aliphatic carbocycles. The van der Waals surface area contributed by atoms with Crippen molar-refractivity contribution >= 4 is 0 Å². The average Bonchev–Trinajstić information content (AvgIpc) is 2.44. The molecule has 0 heterocycles. The van der Waals surface area contributed by atoms with Crippen molar-refractivity contribution in [3.8, 4) is 5.75 Å². The van der Waals surface area contributed by atoms with Gasteiger partial charge < -0.3 is 10.1 Å². The summed E-state index contributed by atoms with van der Waals surface area (Å²) in [6, 6.07) is 8.97. The Balaban J connectivity index is 2.40. The van der Waals surface area contributed by atoms with E-state index in [1.807, 2.05) is 14.0 Å². The summed E-state index contributed by atoms with van der Waals surface area (Å²) in [6.07, 6.45) is 7.92. The van der Waals surface area contributed by atoms with Crippen LogP contribution in [0.5, 0.6) is 5.75 Å².